The second-order valence-corrected chi connectivity index (χ2v) is 4.96. The van der Waals surface area contributed by atoms with E-state index < -0.39 is 0 Å². The summed E-state index contributed by atoms with van der Waals surface area (Å²) in [7, 11) is 0. The highest BCUT2D eigenvalue weighted by atomic mass is 16.5. The highest BCUT2D eigenvalue weighted by Gasteiger charge is 2.19. The molecule has 1 unspecified atom stereocenters. The smallest absolute Gasteiger partial charge is 0.236 e. The third-order valence-corrected chi connectivity index (χ3v) is 3.52. The summed E-state index contributed by atoms with van der Waals surface area (Å²) in [5, 5.41) is 3.24. The molecule has 19 heavy (non-hydrogen) atoms. The Kier molecular flexibility index (Phi) is 4.80. The molecule has 0 fully saturated rings. The molecule has 1 heterocycles. The van der Waals surface area contributed by atoms with Gasteiger partial charge in [-0.15, -0.1) is 0 Å². The van der Waals surface area contributed by atoms with E-state index in [1.165, 1.54) is 0 Å². The van der Waals surface area contributed by atoms with Gasteiger partial charge in [-0.3, -0.25) is 4.79 Å². The van der Waals surface area contributed by atoms with Crippen LogP contribution in [0.2, 0.25) is 0 Å². The maximum atomic E-state index is 12.2. The number of carbonyl (C=O) groups is 1. The van der Waals surface area contributed by atoms with Gasteiger partial charge in [0.15, 0.2) is 0 Å². The number of carbonyl (C=O) groups excluding carboxylic acids is 1. The van der Waals surface area contributed by atoms with E-state index in [-0.39, 0.29) is 5.91 Å². The fourth-order valence-electron chi connectivity index (χ4n) is 2.06. The predicted octanol–water partition coefficient (Wildman–Crippen LogP) is 1.80. The van der Waals surface area contributed by atoms with Gasteiger partial charge < -0.3 is 15.0 Å². The van der Waals surface area contributed by atoms with E-state index in [9.17, 15) is 4.79 Å². The monoisotopic (exact) mass is 262 g/mol. The second-order valence-electron chi connectivity index (χ2n) is 4.96. The molecule has 0 spiro atoms. The maximum Gasteiger partial charge on any atom is 0.236 e. The lowest BCUT2D eigenvalue weighted by atomic mass is 10.2. The minimum Gasteiger partial charge on any atom is -0.491 e. The van der Waals surface area contributed by atoms with Gasteiger partial charge in [0.2, 0.25) is 5.91 Å². The Balaban J connectivity index is 1.96. The third kappa shape index (κ3) is 3.70. The fraction of sp³-hybridized carbons (Fsp3) is 0.533. The van der Waals surface area contributed by atoms with E-state index in [1.807, 2.05) is 29.2 Å². The van der Waals surface area contributed by atoms with Crippen molar-refractivity contribution in [1.82, 2.24) is 10.2 Å². The van der Waals surface area contributed by atoms with Crippen molar-refractivity contribution in [3.05, 3.63) is 29.8 Å². The summed E-state index contributed by atoms with van der Waals surface area (Å²) in [6.07, 6.45) is 1.03. The molecule has 0 bridgehead atoms. The lowest BCUT2D eigenvalue weighted by Crippen LogP contribution is -2.41. The van der Waals surface area contributed by atoms with Gasteiger partial charge in [0, 0.05) is 18.2 Å². The minimum atomic E-state index is 0.139. The van der Waals surface area contributed by atoms with Gasteiger partial charge >= 0.3 is 0 Å². The van der Waals surface area contributed by atoms with Crippen LogP contribution in [0.5, 0.6) is 5.75 Å². The fourth-order valence-corrected chi connectivity index (χ4v) is 2.06. The number of benzene rings is 1. The SMILES string of the molecule is CCC(C)NCC(=O)N1CCOc2ccccc2C1. The molecule has 104 valence electrons. The lowest BCUT2D eigenvalue weighted by Gasteiger charge is -2.21. The largest absolute Gasteiger partial charge is 0.491 e. The van der Waals surface area contributed by atoms with Gasteiger partial charge in [0.1, 0.15) is 12.4 Å². The number of nitrogens with zero attached hydrogens (tertiary/aromatic N) is 1. The molecule has 1 N–H and O–H groups in total. The Morgan fingerprint density at radius 2 is 2.26 bits per heavy atom. The van der Waals surface area contributed by atoms with Crippen LogP contribution < -0.4 is 10.1 Å². The Hall–Kier alpha value is -1.55. The first-order valence-electron chi connectivity index (χ1n) is 6.92. The van der Waals surface area contributed by atoms with E-state index in [1.54, 1.807) is 0 Å². The predicted molar refractivity (Wildman–Crippen MR) is 75.1 cm³/mol. The summed E-state index contributed by atoms with van der Waals surface area (Å²) in [5.41, 5.74) is 1.08. The van der Waals surface area contributed by atoms with Gasteiger partial charge in [-0.1, -0.05) is 25.1 Å². The van der Waals surface area contributed by atoms with E-state index in [2.05, 4.69) is 19.2 Å². The number of hydrogen-bond donors (Lipinski definition) is 1. The van der Waals surface area contributed by atoms with Crippen molar-refractivity contribution in [3.8, 4) is 5.75 Å². The zero-order valence-electron chi connectivity index (χ0n) is 11.7. The first-order valence-corrected chi connectivity index (χ1v) is 6.92. The molecule has 1 atom stereocenters. The number of fused-ring (bicyclic) bond motifs is 1. The van der Waals surface area contributed by atoms with Crippen LogP contribution >= 0.6 is 0 Å². The Morgan fingerprint density at radius 3 is 3.05 bits per heavy atom. The van der Waals surface area contributed by atoms with Crippen LogP contribution in [0.4, 0.5) is 0 Å². The molecule has 0 aromatic heterocycles. The quantitative estimate of drug-likeness (QED) is 0.899. The van der Waals surface area contributed by atoms with Crippen molar-refractivity contribution in [2.45, 2.75) is 32.9 Å². The van der Waals surface area contributed by atoms with E-state index in [0.717, 1.165) is 17.7 Å². The molecule has 4 nitrogen and oxygen atoms in total. The zero-order valence-corrected chi connectivity index (χ0v) is 11.7. The van der Waals surface area contributed by atoms with E-state index in [0.29, 0.717) is 32.3 Å². The molecule has 2 rings (SSSR count). The minimum absolute atomic E-state index is 0.139. The number of hydrogen-bond acceptors (Lipinski definition) is 3. The molecule has 0 saturated heterocycles. The first kappa shape index (κ1) is 13.9. The van der Waals surface area contributed by atoms with Gasteiger partial charge in [0.05, 0.1) is 13.1 Å². The molecular weight excluding hydrogens is 240 g/mol. The molecule has 1 aliphatic heterocycles. The average Bonchev–Trinajstić information content (AvgIpc) is 2.66. The molecule has 0 aliphatic carbocycles. The summed E-state index contributed by atoms with van der Waals surface area (Å²) in [4.78, 5) is 14.1. The molecule has 1 amide bonds. The first-order chi connectivity index (χ1) is 9.20. The number of amides is 1. The second kappa shape index (κ2) is 6.57. The van der Waals surface area contributed by atoms with Crippen LogP contribution in [0, 0.1) is 0 Å². The maximum absolute atomic E-state index is 12.2. The highest BCUT2D eigenvalue weighted by Crippen LogP contribution is 2.22. The summed E-state index contributed by atoms with van der Waals surface area (Å²) < 4.78 is 5.66. The normalized spacial score (nSPS) is 16.2. The zero-order chi connectivity index (χ0) is 13.7. The molecule has 4 heteroatoms. The number of nitrogens with one attached hydrogen (secondary N) is 1. The van der Waals surface area contributed by atoms with Crippen molar-refractivity contribution in [1.29, 1.82) is 0 Å². The van der Waals surface area contributed by atoms with Crippen molar-refractivity contribution >= 4 is 5.91 Å². The Labute approximate surface area is 114 Å². The van der Waals surface area contributed by atoms with Gasteiger partial charge in [-0.25, -0.2) is 0 Å². The summed E-state index contributed by atoms with van der Waals surface area (Å²) >= 11 is 0. The summed E-state index contributed by atoms with van der Waals surface area (Å²) in [6.45, 7) is 6.45. The Bertz CT molecular complexity index is 434. The van der Waals surface area contributed by atoms with Gasteiger partial charge in [0.25, 0.3) is 0 Å². The average molecular weight is 262 g/mol. The number of ether oxygens (including phenoxy) is 1. The van der Waals surface area contributed by atoms with Crippen LogP contribution in [0.1, 0.15) is 25.8 Å². The third-order valence-electron chi connectivity index (χ3n) is 3.52. The van der Waals surface area contributed by atoms with Crippen LogP contribution in [-0.4, -0.2) is 36.5 Å². The molecule has 0 radical (unpaired) electrons. The van der Waals surface area contributed by atoms with Crippen molar-refractivity contribution in [2.75, 3.05) is 19.7 Å². The van der Waals surface area contributed by atoms with Crippen molar-refractivity contribution in [3.63, 3.8) is 0 Å². The molecule has 1 aliphatic rings. The number of para-hydroxylation sites is 1. The van der Waals surface area contributed by atoms with E-state index in [4.69, 9.17) is 4.74 Å². The van der Waals surface area contributed by atoms with Gasteiger partial charge in [-0.2, -0.15) is 0 Å². The van der Waals surface area contributed by atoms with Crippen LogP contribution in [-0.2, 0) is 11.3 Å². The summed E-state index contributed by atoms with van der Waals surface area (Å²) in [5.74, 6) is 1.04. The van der Waals surface area contributed by atoms with Crippen LogP contribution in [0.3, 0.4) is 0 Å². The molecule has 1 aromatic carbocycles. The van der Waals surface area contributed by atoms with Crippen molar-refractivity contribution in [2.24, 2.45) is 0 Å². The van der Waals surface area contributed by atoms with E-state index >= 15 is 0 Å². The van der Waals surface area contributed by atoms with Crippen LogP contribution in [0.25, 0.3) is 0 Å². The van der Waals surface area contributed by atoms with Crippen molar-refractivity contribution < 1.29 is 9.53 Å². The summed E-state index contributed by atoms with van der Waals surface area (Å²) in [6, 6.07) is 8.29. The lowest BCUT2D eigenvalue weighted by molar-refractivity contribution is -0.131. The standard InChI is InChI=1S/C15H22N2O2/c1-3-12(2)16-10-15(18)17-8-9-19-14-7-5-4-6-13(14)11-17/h4-7,12,16H,3,8-11H2,1-2H3. The highest BCUT2D eigenvalue weighted by molar-refractivity contribution is 5.78. The Morgan fingerprint density at radius 1 is 1.47 bits per heavy atom. The van der Waals surface area contributed by atoms with Gasteiger partial charge in [-0.05, 0) is 19.4 Å². The molecular formula is C15H22N2O2. The molecule has 0 saturated carbocycles. The number of rotatable bonds is 4. The topological polar surface area (TPSA) is 41.6 Å². The van der Waals surface area contributed by atoms with Crippen LogP contribution in [0.15, 0.2) is 24.3 Å². The molecule has 1 aromatic rings.